The molecule has 22 heteroatoms. The van der Waals surface area contributed by atoms with Crippen LogP contribution in [0.25, 0.3) is 22.5 Å². The highest BCUT2D eigenvalue weighted by molar-refractivity contribution is 7.90. The molecule has 0 aliphatic carbocycles. The molecule has 0 saturated heterocycles. The molecule has 67 heavy (non-hydrogen) atoms. The third-order valence-corrected chi connectivity index (χ3v) is 12.3. The maximum Gasteiger partial charge on any atom is 0.407 e. The molecule has 356 valence electrons. The van der Waals surface area contributed by atoms with Crippen LogP contribution in [0.1, 0.15) is 31.9 Å². The maximum absolute atomic E-state index is 14.8. The average Bonchev–Trinajstić information content (AvgIpc) is 3.92. The second-order valence-electron chi connectivity index (χ2n) is 15.4. The first-order chi connectivity index (χ1) is 31.5. The predicted molar refractivity (Wildman–Crippen MR) is 241 cm³/mol. The normalized spacial score (nSPS) is 11.5. The number of nitrogens with one attached hydrogen (secondary N) is 1. The largest absolute Gasteiger partial charge is 0.497 e. The zero-order chi connectivity index (χ0) is 49.7. The number of ether oxygens (including phenoxy) is 2. The van der Waals surface area contributed by atoms with Gasteiger partial charge in [-0.15, -0.1) is 0 Å². The summed E-state index contributed by atoms with van der Waals surface area (Å²) in [4.78, 5) is 39.8. The summed E-state index contributed by atoms with van der Waals surface area (Å²) in [7, 11) is -3.44. The van der Waals surface area contributed by atoms with E-state index >= 15 is 0 Å². The van der Waals surface area contributed by atoms with Gasteiger partial charge in [-0.3, -0.25) is 9.97 Å². The van der Waals surface area contributed by atoms with Gasteiger partial charge in [-0.05, 0) is 96.4 Å². The number of hydrogen-bond donors (Lipinski definition) is 4. The van der Waals surface area contributed by atoms with Crippen LogP contribution >= 0.6 is 0 Å². The lowest BCUT2D eigenvalue weighted by Gasteiger charge is -2.27. The van der Waals surface area contributed by atoms with Crippen molar-refractivity contribution >= 4 is 38.1 Å². The summed E-state index contributed by atoms with van der Waals surface area (Å²) in [5.41, 5.74) is 1.19. The van der Waals surface area contributed by atoms with Crippen molar-refractivity contribution in [1.29, 1.82) is 0 Å². The Hall–Kier alpha value is -7.43. The number of hydrogen-bond acceptors (Lipinski definition) is 12. The first-order valence-electron chi connectivity index (χ1n) is 19.7. The molecule has 0 aliphatic rings. The standard InChI is InChI=1S/C23H26FN3O5S.C18H18FN3O3S.C4H4O4/c1-23(2,3)15-26(22(28)29)13-16-10-21(19-11-17(32-4)7-8-20(19)24)27(14-16)33(30,31)18-6-5-9-25-12-18;1-20-10-13-8-18(16-9-14(25-2)5-6-17(16)19)22(12-13)26(23,24)15-4-3-7-21-11-15;5-3(6)1-2-4(7)8/h5-12,14H,13,15H2,1-4H3,(H,28,29);3-9,11-12,20H,10H2,1-2H3;1-2H,(H,5,6)(H,7,8). The average molecular weight is 967 g/mol. The molecule has 6 rings (SSSR count). The van der Waals surface area contributed by atoms with Crippen LogP contribution in [-0.4, -0.2) is 101 Å². The molecular formula is C45H48F2N6O12S2. The highest BCUT2D eigenvalue weighted by Gasteiger charge is 2.27. The van der Waals surface area contributed by atoms with Gasteiger partial charge in [-0.1, -0.05) is 20.8 Å². The van der Waals surface area contributed by atoms with Gasteiger partial charge in [0.05, 0.1) is 32.2 Å². The summed E-state index contributed by atoms with van der Waals surface area (Å²) >= 11 is 0. The highest BCUT2D eigenvalue weighted by Crippen LogP contribution is 2.34. The van der Waals surface area contributed by atoms with Crippen molar-refractivity contribution < 1.29 is 64.8 Å². The number of pyridine rings is 2. The van der Waals surface area contributed by atoms with Crippen molar-refractivity contribution in [3.63, 3.8) is 0 Å². The van der Waals surface area contributed by atoms with Crippen LogP contribution in [0.2, 0.25) is 0 Å². The van der Waals surface area contributed by atoms with Gasteiger partial charge in [-0.2, -0.15) is 0 Å². The molecule has 6 aromatic rings. The molecular weight excluding hydrogens is 919 g/mol. The van der Waals surface area contributed by atoms with E-state index < -0.39 is 49.7 Å². The van der Waals surface area contributed by atoms with E-state index in [9.17, 15) is 45.1 Å². The number of aromatic nitrogens is 4. The minimum atomic E-state index is -4.14. The fraction of sp³-hybridized carbons (Fsp3) is 0.222. The number of halogens is 2. The number of nitrogens with zero attached hydrogens (tertiary/aromatic N) is 5. The van der Waals surface area contributed by atoms with Crippen LogP contribution in [0.5, 0.6) is 11.5 Å². The van der Waals surface area contributed by atoms with Crippen LogP contribution in [0.4, 0.5) is 13.6 Å². The first-order valence-corrected chi connectivity index (χ1v) is 22.6. The molecule has 0 atom stereocenters. The molecule has 0 aliphatic heterocycles. The first kappa shape index (κ1) is 52.2. The van der Waals surface area contributed by atoms with E-state index in [1.54, 1.807) is 13.1 Å². The van der Waals surface area contributed by atoms with Crippen LogP contribution < -0.4 is 14.8 Å². The molecule has 4 aromatic heterocycles. The van der Waals surface area contributed by atoms with Gasteiger partial charge in [0.15, 0.2) is 0 Å². The zero-order valence-corrected chi connectivity index (χ0v) is 38.6. The quantitative estimate of drug-likeness (QED) is 0.0771. The minimum absolute atomic E-state index is 0.00533. The van der Waals surface area contributed by atoms with E-state index in [4.69, 9.17) is 19.7 Å². The summed E-state index contributed by atoms with van der Waals surface area (Å²) in [6.07, 6.45) is 8.17. The third kappa shape index (κ3) is 14.0. The fourth-order valence-electron chi connectivity index (χ4n) is 6.18. The van der Waals surface area contributed by atoms with E-state index in [-0.39, 0.29) is 50.8 Å². The number of carboxylic acids is 2. The van der Waals surface area contributed by atoms with E-state index in [0.717, 1.165) is 7.94 Å². The van der Waals surface area contributed by atoms with Crippen molar-refractivity contribution in [3.05, 3.63) is 145 Å². The SMILES string of the molecule is CNCc1cc(-c2cc(OC)ccc2F)n(S(=O)(=O)c2cccnc2)c1.COc1ccc(F)c(-c2cc(CN(CC(C)(C)C)C(=O)O)cn2S(=O)(=O)c2cccnc2)c1.O=C(O)C=CC(=O)O. The van der Waals surface area contributed by atoms with Crippen molar-refractivity contribution in [2.75, 3.05) is 27.8 Å². The van der Waals surface area contributed by atoms with Crippen LogP contribution in [0.15, 0.2) is 132 Å². The molecule has 0 unspecified atom stereocenters. The lowest BCUT2D eigenvalue weighted by atomic mass is 9.96. The number of aliphatic carboxylic acids is 2. The lowest BCUT2D eigenvalue weighted by Crippen LogP contribution is -2.36. The van der Waals surface area contributed by atoms with Crippen LogP contribution in [-0.2, 0) is 42.7 Å². The van der Waals surface area contributed by atoms with Crippen LogP contribution in [0.3, 0.4) is 0 Å². The molecule has 0 saturated carbocycles. The molecule has 4 heterocycles. The Kier molecular flexibility index (Phi) is 17.6. The molecule has 2 aromatic carbocycles. The summed E-state index contributed by atoms with van der Waals surface area (Å²) in [5, 5.41) is 28.2. The van der Waals surface area contributed by atoms with Gasteiger partial charge in [0.25, 0.3) is 20.0 Å². The zero-order valence-electron chi connectivity index (χ0n) is 37.0. The molecule has 1 amide bonds. The van der Waals surface area contributed by atoms with Gasteiger partial charge < -0.3 is 35.0 Å². The van der Waals surface area contributed by atoms with E-state index in [1.807, 2.05) is 20.8 Å². The second-order valence-corrected chi connectivity index (χ2v) is 19.0. The highest BCUT2D eigenvalue weighted by atomic mass is 32.2. The van der Waals surface area contributed by atoms with Gasteiger partial charge in [0, 0.05) is 73.5 Å². The Labute approximate surface area is 385 Å². The molecule has 18 nitrogen and oxygen atoms in total. The smallest absolute Gasteiger partial charge is 0.407 e. The Morgan fingerprint density at radius 3 is 1.51 bits per heavy atom. The summed E-state index contributed by atoms with van der Waals surface area (Å²) in [6, 6.07) is 17.2. The fourth-order valence-corrected chi connectivity index (χ4v) is 8.89. The summed E-state index contributed by atoms with van der Waals surface area (Å²) in [5.74, 6) is -2.92. The van der Waals surface area contributed by atoms with Gasteiger partial charge in [-0.25, -0.2) is 47.9 Å². The number of carboxylic acid groups (broad SMARTS) is 3. The monoisotopic (exact) mass is 966 g/mol. The Bertz CT molecular complexity index is 2920. The third-order valence-electron chi connectivity index (χ3n) is 9.03. The molecule has 4 N–H and O–H groups in total. The van der Waals surface area contributed by atoms with Crippen LogP contribution in [0, 0.1) is 17.0 Å². The lowest BCUT2D eigenvalue weighted by molar-refractivity contribution is -0.134. The number of methoxy groups -OCH3 is 2. The van der Waals surface area contributed by atoms with Gasteiger partial charge in [0.1, 0.15) is 32.9 Å². The van der Waals surface area contributed by atoms with Crippen molar-refractivity contribution in [2.24, 2.45) is 5.41 Å². The van der Waals surface area contributed by atoms with Crippen molar-refractivity contribution in [2.45, 2.75) is 43.7 Å². The maximum atomic E-state index is 14.8. The Morgan fingerprint density at radius 1 is 0.716 bits per heavy atom. The number of rotatable bonds is 15. The number of carbonyl (C=O) groups is 3. The minimum Gasteiger partial charge on any atom is -0.497 e. The second kappa shape index (κ2) is 22.7. The molecule has 0 fully saturated rings. The predicted octanol–water partition coefficient (Wildman–Crippen LogP) is 6.83. The molecule has 0 spiro atoms. The van der Waals surface area contributed by atoms with E-state index in [2.05, 4.69) is 15.3 Å². The van der Waals surface area contributed by atoms with Gasteiger partial charge in [0.2, 0.25) is 0 Å². The summed E-state index contributed by atoms with van der Waals surface area (Å²) in [6.45, 7) is 6.30. The van der Waals surface area contributed by atoms with Crippen molar-refractivity contribution in [3.8, 4) is 34.0 Å². The Morgan fingerprint density at radius 2 is 1.15 bits per heavy atom. The van der Waals surface area contributed by atoms with E-state index in [1.165, 1.54) is 123 Å². The number of benzene rings is 2. The number of amides is 1. The topological polar surface area (TPSA) is 250 Å². The van der Waals surface area contributed by atoms with E-state index in [0.29, 0.717) is 41.3 Å². The van der Waals surface area contributed by atoms with Crippen molar-refractivity contribution in [1.82, 2.24) is 28.1 Å². The van der Waals surface area contributed by atoms with Gasteiger partial charge >= 0.3 is 18.0 Å². The Balaban J connectivity index is 0.000000256. The molecule has 0 bridgehead atoms. The molecule has 0 radical (unpaired) electrons. The summed E-state index contributed by atoms with van der Waals surface area (Å²) < 4.78 is 94.5.